The molecule has 462 valence electrons. The van der Waals surface area contributed by atoms with E-state index in [4.69, 9.17) is 39.4 Å². The molecule has 19 heteroatoms. The number of fused-ring (bicyclic) bond motifs is 6. The van der Waals surface area contributed by atoms with Crippen LogP contribution in [0.2, 0.25) is 0 Å². The van der Waals surface area contributed by atoms with Crippen molar-refractivity contribution in [3.8, 4) is 29.2 Å². The van der Waals surface area contributed by atoms with Gasteiger partial charge in [-0.1, -0.05) is 84.5 Å². The average molecular weight is 1190 g/mol. The fourth-order valence-electron chi connectivity index (χ4n) is 11.7. The lowest BCUT2D eigenvalue weighted by atomic mass is 9.99. The smallest absolute Gasteiger partial charge is 0.488 e. The van der Waals surface area contributed by atoms with Gasteiger partial charge < -0.3 is 53.3 Å². The van der Waals surface area contributed by atoms with Crippen LogP contribution in [-0.4, -0.2) is 135 Å². The number of likely N-dealkylation sites (tertiary alicyclic amines) is 1. The molecule has 8 heterocycles. The Morgan fingerprint density at radius 1 is 0.874 bits per heavy atom. The first-order chi connectivity index (χ1) is 42.0. The number of anilines is 2. The Morgan fingerprint density at radius 3 is 2.31 bits per heavy atom. The van der Waals surface area contributed by atoms with Crippen LogP contribution in [0, 0.1) is 25.2 Å². The van der Waals surface area contributed by atoms with Crippen LogP contribution in [-0.2, 0) is 51.6 Å². The van der Waals surface area contributed by atoms with Crippen LogP contribution in [0.5, 0.6) is 11.8 Å². The number of aromatic nitrogens is 4. The van der Waals surface area contributed by atoms with E-state index in [9.17, 15) is 24.4 Å². The summed E-state index contributed by atoms with van der Waals surface area (Å²) in [7, 11) is 2.13. The van der Waals surface area contributed by atoms with E-state index in [1.165, 1.54) is 22.0 Å². The van der Waals surface area contributed by atoms with Gasteiger partial charge in [0.25, 0.3) is 11.5 Å². The summed E-state index contributed by atoms with van der Waals surface area (Å²) < 4.78 is 23.8. The molecule has 2 saturated heterocycles. The molecule has 2 fully saturated rings. The number of benzene rings is 3. The number of hydrogen-bond acceptors (Lipinski definition) is 16. The van der Waals surface area contributed by atoms with E-state index in [0.29, 0.717) is 80.0 Å². The zero-order valence-electron chi connectivity index (χ0n) is 52.5. The maximum absolute atomic E-state index is 14.3. The standard InChI is InChI=1S/C55H57N9O7.C7H10O3.3C2H6/c1-6-10-40-42-26-37-27-64-47(25-34(3)43(53(64)66)32-71-55(67)68)50(37)57-44(42)16-17-48(40)69-30-35(4)52(65)63-24-23-62(28-38(63)18-20-56)51-41-19-22-61(46-15-8-13-36-12-7-11-33(2)49(36)46)29-45(41)58-54(59-51)70-31-39-14-9-21-60(39)5;1-4-3-10-7(9)6(8)5(4)2;3*1-2/h6-8,11-13,15-17,25-26,38-39H,1,4,9-10,14,18-19,21-24,27-32H2,2-3,5H3,(H,67,68);6,8H,3H2,1-2H3;3*1-2H3/t38-,39?;;;;/m0..../s1. The van der Waals surface area contributed by atoms with Gasteiger partial charge in [-0.3, -0.25) is 9.59 Å². The van der Waals surface area contributed by atoms with E-state index in [1.54, 1.807) is 29.4 Å². The molecule has 2 N–H and O–H groups in total. The first-order valence-corrected chi connectivity index (χ1v) is 30.4. The molecule has 87 heavy (non-hydrogen) atoms. The molecule has 5 aliphatic heterocycles. The second-order valence-corrected chi connectivity index (χ2v) is 21.5. The van der Waals surface area contributed by atoms with Crippen molar-refractivity contribution < 1.29 is 43.5 Å². The molecule has 1 amide bonds. The first-order valence-electron chi connectivity index (χ1n) is 30.4. The summed E-state index contributed by atoms with van der Waals surface area (Å²) in [5, 5.41) is 31.5. The molecule has 0 radical (unpaired) electrons. The molecule has 3 aromatic carbocycles. The number of carboxylic acid groups (broad SMARTS) is 1. The zero-order valence-corrected chi connectivity index (χ0v) is 52.5. The van der Waals surface area contributed by atoms with Gasteiger partial charge in [-0.05, 0) is 125 Å². The zero-order chi connectivity index (χ0) is 63.2. The van der Waals surface area contributed by atoms with Crippen molar-refractivity contribution in [2.75, 3.05) is 69.4 Å². The number of cyclic esters (lactones) is 1. The number of allylic oxidation sites excluding steroid dienone is 1. The van der Waals surface area contributed by atoms with Gasteiger partial charge in [0.15, 0.2) is 6.10 Å². The van der Waals surface area contributed by atoms with E-state index in [1.807, 2.05) is 72.7 Å². The molecule has 5 aliphatic rings. The monoisotopic (exact) mass is 1190 g/mol. The number of likely N-dealkylation sites (N-methyl/N-ethyl adjacent to an activating group) is 1. The lowest BCUT2D eigenvalue weighted by Gasteiger charge is -2.42. The van der Waals surface area contributed by atoms with Crippen LogP contribution in [0.1, 0.15) is 114 Å². The largest absolute Gasteiger partial charge is 0.506 e. The van der Waals surface area contributed by atoms with Gasteiger partial charge in [0.2, 0.25) is 0 Å². The van der Waals surface area contributed by atoms with Crippen LogP contribution >= 0.6 is 0 Å². The molecule has 3 atom stereocenters. The Labute approximate surface area is 511 Å². The third-order valence-corrected chi connectivity index (χ3v) is 16.4. The van der Waals surface area contributed by atoms with Crippen LogP contribution < -0.4 is 24.8 Å². The van der Waals surface area contributed by atoms with Gasteiger partial charge in [0.05, 0.1) is 59.8 Å². The minimum atomic E-state index is -1.45. The van der Waals surface area contributed by atoms with E-state index in [0.717, 1.165) is 77.1 Å². The summed E-state index contributed by atoms with van der Waals surface area (Å²) in [6, 6.07) is 22.9. The number of carbonyl (C=O) groups is 3. The highest BCUT2D eigenvalue weighted by atomic mass is 16.7. The third-order valence-electron chi connectivity index (χ3n) is 16.4. The Kier molecular flexibility index (Phi) is 22.9. The van der Waals surface area contributed by atoms with E-state index >= 15 is 0 Å². The first kappa shape index (κ1) is 65.9. The number of aryl methyl sites for hydroxylation is 2. The minimum absolute atomic E-state index is 0.0866. The SMILES string of the molecule is C=CCc1c(OCC(=C)C(=O)N2CCN(c3nc(OCC4CCCN4C)nc4c3CCN(c3cccc5cccc(C)c35)C4)C[C@@H]2CC#N)ccc2nc3c(cc12)Cn1c-3cc(C)c(COC(=O)O)c1=O.CC.CC.CC.CC1=C(C)C(O)C(=O)OC1. The van der Waals surface area contributed by atoms with Crippen molar-refractivity contribution in [2.24, 2.45) is 0 Å². The Bertz CT molecular complexity index is 3660. The minimum Gasteiger partial charge on any atom is -0.488 e. The number of nitriles is 1. The molecular formula is C68H85N9O10. The molecule has 0 spiro atoms. The molecule has 6 aromatic rings. The highest BCUT2D eigenvalue weighted by Crippen LogP contribution is 2.39. The summed E-state index contributed by atoms with van der Waals surface area (Å²) in [6.45, 7) is 31.9. The number of ether oxygens (including phenoxy) is 4. The van der Waals surface area contributed by atoms with Gasteiger partial charge in [-0.15, -0.1) is 6.58 Å². The number of amides is 1. The Morgan fingerprint density at radius 2 is 1.62 bits per heavy atom. The molecule has 2 unspecified atom stereocenters. The van der Waals surface area contributed by atoms with Crippen molar-refractivity contribution in [2.45, 2.75) is 139 Å². The topological polar surface area (TPSA) is 226 Å². The number of pyridine rings is 2. The summed E-state index contributed by atoms with van der Waals surface area (Å²) in [6.07, 6.45) is 2.76. The number of esters is 1. The molecular weight excluding hydrogens is 1100 g/mol. The predicted molar refractivity (Wildman–Crippen MR) is 341 cm³/mol. The number of aliphatic hydroxyl groups is 1. The van der Waals surface area contributed by atoms with Gasteiger partial charge in [0, 0.05) is 70.9 Å². The number of piperazine rings is 1. The molecule has 0 aliphatic carbocycles. The van der Waals surface area contributed by atoms with Crippen molar-refractivity contribution in [3.05, 3.63) is 146 Å². The Balaban J connectivity index is 0.000000600. The molecule has 3 aromatic heterocycles. The molecule has 0 bridgehead atoms. The molecule has 0 saturated carbocycles. The third kappa shape index (κ3) is 14.5. The van der Waals surface area contributed by atoms with Crippen LogP contribution in [0.3, 0.4) is 0 Å². The van der Waals surface area contributed by atoms with E-state index in [-0.39, 0.29) is 54.8 Å². The highest BCUT2D eigenvalue weighted by molar-refractivity contribution is 5.97. The van der Waals surface area contributed by atoms with Crippen LogP contribution in [0.25, 0.3) is 33.1 Å². The quantitative estimate of drug-likeness (QED) is 0.0586. The van der Waals surface area contributed by atoms with E-state index < -0.39 is 24.3 Å². The average Bonchev–Trinajstić information content (AvgIpc) is 1.78. The van der Waals surface area contributed by atoms with Gasteiger partial charge in [-0.2, -0.15) is 15.2 Å². The fraction of sp³-hybridized carbons (Fsp3) is 0.441. The predicted octanol–water partition coefficient (Wildman–Crippen LogP) is 10.8. The highest BCUT2D eigenvalue weighted by Gasteiger charge is 2.36. The number of nitrogens with zero attached hydrogens (tertiary/aromatic N) is 9. The number of hydrogen-bond donors (Lipinski definition) is 2. The normalized spacial score (nSPS) is 17.5. The number of rotatable bonds is 14. The fourth-order valence-corrected chi connectivity index (χ4v) is 11.7. The summed E-state index contributed by atoms with van der Waals surface area (Å²) in [5.41, 5.74) is 10.5. The van der Waals surface area contributed by atoms with Crippen LogP contribution in [0.4, 0.5) is 16.3 Å². The summed E-state index contributed by atoms with van der Waals surface area (Å²) in [4.78, 5) is 73.4. The van der Waals surface area contributed by atoms with Crippen molar-refractivity contribution >= 4 is 51.2 Å². The second-order valence-electron chi connectivity index (χ2n) is 21.5. The van der Waals surface area contributed by atoms with Crippen molar-refractivity contribution in [1.29, 1.82) is 5.26 Å². The van der Waals surface area contributed by atoms with Gasteiger partial charge in [-0.25, -0.2) is 14.6 Å². The molecule has 11 rings (SSSR count). The van der Waals surface area contributed by atoms with Gasteiger partial charge in [0.1, 0.15) is 38.0 Å². The number of carbonyl (C=O) groups excluding carboxylic acids is 2. The Hall–Kier alpha value is -8.60. The lowest BCUT2D eigenvalue weighted by Crippen LogP contribution is -2.56. The van der Waals surface area contributed by atoms with Crippen LogP contribution in [0.15, 0.2) is 101 Å². The molecule has 19 nitrogen and oxygen atoms in total. The van der Waals surface area contributed by atoms with Gasteiger partial charge >= 0.3 is 18.1 Å². The maximum atomic E-state index is 14.3. The van der Waals surface area contributed by atoms with Crippen molar-refractivity contribution in [3.63, 3.8) is 0 Å². The van der Waals surface area contributed by atoms with Crippen molar-refractivity contribution in [1.82, 2.24) is 29.3 Å². The lowest BCUT2D eigenvalue weighted by molar-refractivity contribution is -0.152. The maximum Gasteiger partial charge on any atom is 0.506 e. The van der Waals surface area contributed by atoms with E-state index in [2.05, 4.69) is 89.0 Å². The summed E-state index contributed by atoms with van der Waals surface area (Å²) in [5.74, 6) is 0.520. The number of aliphatic hydroxyl groups excluding tert-OH is 1. The summed E-state index contributed by atoms with van der Waals surface area (Å²) >= 11 is 0. The second kappa shape index (κ2) is 30.2.